The van der Waals surface area contributed by atoms with E-state index in [1.165, 1.54) is 0 Å². The van der Waals surface area contributed by atoms with E-state index in [2.05, 4.69) is 5.32 Å². The van der Waals surface area contributed by atoms with Crippen molar-refractivity contribution in [1.29, 1.82) is 0 Å². The zero-order valence-corrected chi connectivity index (χ0v) is 9.06. The molecule has 1 rings (SSSR count). The van der Waals surface area contributed by atoms with Crippen LogP contribution in [0.25, 0.3) is 0 Å². The second-order valence-electron chi connectivity index (χ2n) is 4.38. The molecule has 6 heteroatoms. The molecule has 0 bridgehead atoms. The van der Waals surface area contributed by atoms with Gasteiger partial charge in [0.25, 0.3) is 0 Å². The molecule has 0 spiro atoms. The Labute approximate surface area is 92.6 Å². The summed E-state index contributed by atoms with van der Waals surface area (Å²) in [6, 6.07) is 0. The molecular formula is C10H18F4N2. The summed E-state index contributed by atoms with van der Waals surface area (Å²) < 4.78 is 48.8. The molecule has 3 N–H and O–H groups in total. The highest BCUT2D eigenvalue weighted by atomic mass is 19.3. The molecule has 0 radical (unpaired) electrons. The lowest BCUT2D eigenvalue weighted by molar-refractivity contribution is -0.125. The van der Waals surface area contributed by atoms with E-state index in [-0.39, 0.29) is 5.92 Å². The molecule has 2 unspecified atom stereocenters. The third kappa shape index (κ3) is 3.59. The van der Waals surface area contributed by atoms with Crippen molar-refractivity contribution in [3.8, 4) is 0 Å². The van der Waals surface area contributed by atoms with Crippen LogP contribution in [0.2, 0.25) is 0 Å². The van der Waals surface area contributed by atoms with Crippen molar-refractivity contribution < 1.29 is 17.6 Å². The van der Waals surface area contributed by atoms with Crippen molar-refractivity contribution in [2.45, 2.75) is 31.6 Å². The van der Waals surface area contributed by atoms with Gasteiger partial charge in [-0.1, -0.05) is 6.42 Å². The Balaban J connectivity index is 2.25. The predicted octanol–water partition coefficient (Wildman–Crippen LogP) is 1.85. The number of halogens is 4. The molecule has 1 aliphatic carbocycles. The number of nitrogens with one attached hydrogen (secondary N) is 1. The summed E-state index contributed by atoms with van der Waals surface area (Å²) in [6.07, 6.45) is -0.614. The maximum Gasteiger partial charge on any atom is 0.319 e. The Hall–Kier alpha value is -0.360. The summed E-state index contributed by atoms with van der Waals surface area (Å²) in [5.74, 6) is -3.34. The Morgan fingerprint density at radius 3 is 2.44 bits per heavy atom. The highest BCUT2D eigenvalue weighted by Crippen LogP contribution is 2.30. The average Bonchev–Trinajstić information content (AvgIpc) is 2.64. The maximum atomic E-state index is 12.6. The summed E-state index contributed by atoms with van der Waals surface area (Å²) in [6.45, 7) is -0.0692. The van der Waals surface area contributed by atoms with Gasteiger partial charge in [0.15, 0.2) is 0 Å². The van der Waals surface area contributed by atoms with Crippen LogP contribution in [0.4, 0.5) is 17.6 Å². The number of hydrogen-bond donors (Lipinski definition) is 2. The number of rotatable bonds is 6. The van der Waals surface area contributed by atoms with Gasteiger partial charge in [-0.3, -0.25) is 0 Å². The second-order valence-corrected chi connectivity index (χ2v) is 4.38. The Kier molecular flexibility index (Phi) is 4.98. The topological polar surface area (TPSA) is 38.0 Å². The minimum absolute atomic E-state index is 0.249. The first-order valence-corrected chi connectivity index (χ1v) is 5.54. The van der Waals surface area contributed by atoms with Gasteiger partial charge >= 0.3 is 12.3 Å². The molecule has 16 heavy (non-hydrogen) atoms. The monoisotopic (exact) mass is 242 g/mol. The molecule has 1 aliphatic rings. The first-order valence-electron chi connectivity index (χ1n) is 5.54. The lowest BCUT2D eigenvalue weighted by atomic mass is 9.96. The lowest BCUT2D eigenvalue weighted by Crippen LogP contribution is -2.41. The highest BCUT2D eigenvalue weighted by Gasteiger charge is 2.40. The van der Waals surface area contributed by atoms with Crippen molar-refractivity contribution >= 4 is 0 Å². The molecule has 0 aliphatic heterocycles. The number of alkyl halides is 4. The van der Waals surface area contributed by atoms with Gasteiger partial charge in [0, 0.05) is 0 Å². The molecule has 0 aromatic rings. The maximum absolute atomic E-state index is 12.6. The van der Waals surface area contributed by atoms with Crippen LogP contribution in [0, 0.1) is 11.8 Å². The van der Waals surface area contributed by atoms with Crippen molar-refractivity contribution in [2.75, 3.05) is 19.6 Å². The molecule has 0 aromatic heterocycles. The van der Waals surface area contributed by atoms with Crippen LogP contribution in [-0.2, 0) is 0 Å². The van der Waals surface area contributed by atoms with Crippen molar-refractivity contribution in [2.24, 2.45) is 17.6 Å². The normalized spacial score (nSPS) is 26.6. The van der Waals surface area contributed by atoms with Crippen molar-refractivity contribution in [3.63, 3.8) is 0 Å². The minimum Gasteiger partial charge on any atom is -0.330 e. The molecule has 0 amide bonds. The van der Waals surface area contributed by atoms with E-state index in [9.17, 15) is 17.6 Å². The van der Waals surface area contributed by atoms with Gasteiger partial charge in [-0.15, -0.1) is 0 Å². The van der Waals surface area contributed by atoms with Crippen LogP contribution in [0.1, 0.15) is 19.3 Å². The van der Waals surface area contributed by atoms with Gasteiger partial charge in [0.1, 0.15) is 0 Å². The van der Waals surface area contributed by atoms with E-state index in [1.54, 1.807) is 0 Å². The summed E-state index contributed by atoms with van der Waals surface area (Å²) in [5.41, 5.74) is 5.53. The SMILES string of the molecule is NCC1CCCC1CNCC(F)(F)C(F)F. The second kappa shape index (κ2) is 5.82. The van der Waals surface area contributed by atoms with Gasteiger partial charge in [-0.2, -0.15) is 8.78 Å². The molecule has 0 saturated heterocycles. The zero-order valence-electron chi connectivity index (χ0n) is 9.06. The standard InChI is InChI=1S/C10H18F4N2/c11-9(12)10(13,14)6-16-5-8-3-1-2-7(8)4-15/h7-9,16H,1-6,15H2. The van der Waals surface area contributed by atoms with E-state index in [4.69, 9.17) is 5.73 Å². The largest absolute Gasteiger partial charge is 0.330 e. The van der Waals surface area contributed by atoms with Gasteiger partial charge in [-0.05, 0) is 37.8 Å². The fourth-order valence-electron chi connectivity index (χ4n) is 2.19. The summed E-state index contributed by atoms with van der Waals surface area (Å²) in [5, 5.41) is 2.43. The molecule has 1 fully saturated rings. The number of hydrogen-bond acceptors (Lipinski definition) is 2. The van der Waals surface area contributed by atoms with Crippen LogP contribution >= 0.6 is 0 Å². The third-order valence-electron chi connectivity index (χ3n) is 3.21. The van der Waals surface area contributed by atoms with Gasteiger partial charge < -0.3 is 11.1 Å². The molecule has 96 valence electrons. The van der Waals surface area contributed by atoms with E-state index < -0.39 is 18.9 Å². The summed E-state index contributed by atoms with van der Waals surface area (Å²) in [7, 11) is 0. The first-order chi connectivity index (χ1) is 7.47. The molecule has 0 aromatic carbocycles. The number of nitrogens with two attached hydrogens (primary N) is 1. The molecule has 2 atom stereocenters. The summed E-state index contributed by atoms with van der Waals surface area (Å²) >= 11 is 0. The molecular weight excluding hydrogens is 224 g/mol. The Bertz CT molecular complexity index is 211. The third-order valence-corrected chi connectivity index (χ3v) is 3.21. The van der Waals surface area contributed by atoms with E-state index in [0.29, 0.717) is 19.0 Å². The van der Waals surface area contributed by atoms with Gasteiger partial charge in [0.05, 0.1) is 6.54 Å². The van der Waals surface area contributed by atoms with E-state index in [1.807, 2.05) is 0 Å². The quantitative estimate of drug-likeness (QED) is 0.698. The smallest absolute Gasteiger partial charge is 0.319 e. The lowest BCUT2D eigenvalue weighted by Gasteiger charge is -2.21. The fraction of sp³-hybridized carbons (Fsp3) is 1.00. The Morgan fingerprint density at radius 1 is 1.25 bits per heavy atom. The molecule has 0 heterocycles. The fourth-order valence-corrected chi connectivity index (χ4v) is 2.19. The Morgan fingerprint density at radius 2 is 1.88 bits per heavy atom. The first kappa shape index (κ1) is 13.7. The molecule has 2 nitrogen and oxygen atoms in total. The van der Waals surface area contributed by atoms with Crippen LogP contribution < -0.4 is 11.1 Å². The average molecular weight is 242 g/mol. The van der Waals surface area contributed by atoms with Crippen LogP contribution in [0.3, 0.4) is 0 Å². The highest BCUT2D eigenvalue weighted by molar-refractivity contribution is 4.81. The van der Waals surface area contributed by atoms with Gasteiger partial charge in [-0.25, -0.2) is 8.78 Å². The molecule has 1 saturated carbocycles. The van der Waals surface area contributed by atoms with Gasteiger partial charge in [0.2, 0.25) is 0 Å². The van der Waals surface area contributed by atoms with Crippen LogP contribution in [-0.4, -0.2) is 32.0 Å². The summed E-state index contributed by atoms with van der Waals surface area (Å²) in [4.78, 5) is 0. The van der Waals surface area contributed by atoms with Crippen molar-refractivity contribution in [1.82, 2.24) is 5.32 Å². The predicted molar refractivity (Wildman–Crippen MR) is 53.7 cm³/mol. The van der Waals surface area contributed by atoms with E-state index >= 15 is 0 Å². The van der Waals surface area contributed by atoms with E-state index in [0.717, 1.165) is 19.3 Å². The minimum atomic E-state index is -3.93. The van der Waals surface area contributed by atoms with Crippen molar-refractivity contribution in [3.05, 3.63) is 0 Å². The van der Waals surface area contributed by atoms with Crippen LogP contribution in [0.15, 0.2) is 0 Å². The zero-order chi connectivity index (χ0) is 12.2. The van der Waals surface area contributed by atoms with Crippen LogP contribution in [0.5, 0.6) is 0 Å².